The van der Waals surface area contributed by atoms with Crippen LogP contribution in [0.25, 0.3) is 132 Å². The van der Waals surface area contributed by atoms with Gasteiger partial charge in [-0.1, -0.05) is 175 Å². The molecule has 0 N–H and O–H groups in total. The molecule has 0 spiro atoms. The smallest absolute Gasteiger partial charge is 0.207 e. The summed E-state index contributed by atoms with van der Waals surface area (Å²) in [5.74, 6) is -0.289. The highest BCUT2D eigenvalue weighted by molar-refractivity contribution is 6.00. The van der Waals surface area contributed by atoms with Crippen LogP contribution in [0.1, 0.15) is 121 Å². The van der Waals surface area contributed by atoms with Crippen molar-refractivity contribution in [3.05, 3.63) is 361 Å². The zero-order chi connectivity index (χ0) is 84.5. The number of pyridine rings is 5. The third kappa shape index (κ3) is 15.6. The minimum Gasteiger partial charge on any atom is -0.207 e. The van der Waals surface area contributed by atoms with E-state index in [4.69, 9.17) is 1.37 Å². The molecule has 5 aromatic heterocycles. The maximum absolute atomic E-state index is 14.2. The van der Waals surface area contributed by atoms with E-state index in [9.17, 15) is 8.78 Å². The molecule has 586 valence electrons. The van der Waals surface area contributed by atoms with Crippen LogP contribution in [0.4, 0.5) is 8.78 Å². The van der Waals surface area contributed by atoms with Gasteiger partial charge in [0.15, 0.2) is 28.9 Å². The van der Waals surface area contributed by atoms with Crippen molar-refractivity contribution in [1.82, 2.24) is 0 Å². The van der Waals surface area contributed by atoms with Gasteiger partial charge < -0.3 is 0 Å². The Hall–Kier alpha value is -12.2. The normalized spacial score (nSPS) is 12.0. The predicted molar refractivity (Wildman–Crippen MR) is 488 cm³/mol. The molecule has 0 radical (unpaired) electrons. The number of nitrogens with zero attached hydrogens (tertiary/aromatic N) is 5. The third-order valence-corrected chi connectivity index (χ3v) is 25.0. The molecule has 0 unspecified atom stereocenters. The van der Waals surface area contributed by atoms with Gasteiger partial charge in [0.25, 0.3) is 0 Å². The van der Waals surface area contributed by atoms with E-state index < -0.39 is 0 Å². The molecule has 12 aromatic carbocycles. The molecule has 7 heteroatoms. The number of hydrogen-bond donors (Lipinski definition) is 0. The maximum Gasteiger partial charge on any atom is 0.220 e. The molecule has 0 saturated heterocycles. The van der Waals surface area contributed by atoms with Gasteiger partial charge in [-0.25, -0.2) is 13.3 Å². The van der Waals surface area contributed by atoms with Crippen molar-refractivity contribution in [3.63, 3.8) is 0 Å². The second kappa shape index (κ2) is 32.5. The predicted octanol–water partition coefficient (Wildman–Crippen LogP) is 25.6. The molecule has 0 amide bonds. The third-order valence-electron chi connectivity index (χ3n) is 25.0. The van der Waals surface area contributed by atoms with Crippen LogP contribution < -0.4 is 22.8 Å². The highest BCUT2D eigenvalue weighted by Gasteiger charge is 2.37. The van der Waals surface area contributed by atoms with E-state index in [-0.39, 0.29) is 17.0 Å². The van der Waals surface area contributed by atoms with E-state index in [1.54, 1.807) is 6.07 Å². The Bertz CT molecular complexity index is 6960. The van der Waals surface area contributed by atoms with E-state index >= 15 is 0 Å². The Morgan fingerprint density at radius 1 is 0.256 bits per heavy atom. The van der Waals surface area contributed by atoms with Gasteiger partial charge in [0, 0.05) is 69.0 Å². The molecule has 0 fully saturated rings. The number of fused-ring (bicyclic) bond motifs is 9. The fourth-order valence-electron chi connectivity index (χ4n) is 17.8. The largest absolute Gasteiger partial charge is 0.220 e. The van der Waals surface area contributed by atoms with Gasteiger partial charge in [-0.15, -0.1) is 0 Å². The molecule has 5 nitrogen and oxygen atoms in total. The standard InChI is InChI=1S/C28H28N.C23H22N.C21H23FN.C20H22N.C18H17FN/c1-17-11-12-21-20(13-17)15-19(3)29(6)27(21)23-16-26-24(14-18(23)2)22-9-7-8-10-25(22)28(26,4)5;1-15-9-10-21-20(11-15)13-17(3)24(4)23(21)22-14-19-8-6-5-7-18(19)12-16(22)2;1-12-7-8-18-17(9-12)11-14(3)23(6)21(18)19-10-13(2)20(22)16(5)15(19)4;1-13-6-7-18-17(11-13)8-9-21(5)20(18)19-12-14(2)10-15(3)16(19)4;1-12-6-4-5-7-16(12)18-17-9-8-15(19)11-14(17)10-13(2)20(18)3/h7-16H,1-6H3;5-14H,1-4H3;7-11H,1-6H3;6-12H,1-5H3;4-11H,1-3H3/q5*+1/i;;;9D;. The summed E-state index contributed by atoms with van der Waals surface area (Å²) >= 11 is 0. The average Bonchev–Trinajstić information content (AvgIpc) is 1.56. The average molecular weight is 1540 g/mol. The van der Waals surface area contributed by atoms with Crippen molar-refractivity contribution in [2.45, 2.75) is 137 Å². The van der Waals surface area contributed by atoms with Crippen LogP contribution in [0.5, 0.6) is 0 Å². The summed E-state index contributed by atoms with van der Waals surface area (Å²) in [4.78, 5) is 0. The molecule has 1 aliphatic rings. The topological polar surface area (TPSA) is 19.4 Å². The number of aromatic nitrogens is 5. The van der Waals surface area contributed by atoms with Crippen LogP contribution in [0.3, 0.4) is 0 Å². The van der Waals surface area contributed by atoms with E-state index in [1.165, 1.54) is 183 Å². The lowest BCUT2D eigenvalue weighted by Crippen LogP contribution is -2.35. The highest BCUT2D eigenvalue weighted by Crippen LogP contribution is 2.51. The Balaban J connectivity index is 0.000000122. The van der Waals surface area contributed by atoms with E-state index in [2.05, 4.69) is 338 Å². The summed E-state index contributed by atoms with van der Waals surface area (Å²) in [5.41, 5.74) is 38.0. The molecular formula is C110H112F2N5+5. The maximum atomic E-state index is 14.2. The van der Waals surface area contributed by atoms with Crippen molar-refractivity contribution in [1.29, 1.82) is 0 Å². The lowest BCUT2D eigenvalue weighted by atomic mass is 9.81. The van der Waals surface area contributed by atoms with Crippen molar-refractivity contribution >= 4 is 64.6 Å². The number of halogens is 2. The Morgan fingerprint density at radius 2 is 0.658 bits per heavy atom. The molecule has 17 aromatic rings. The summed E-state index contributed by atoms with van der Waals surface area (Å²) in [6, 6.07) is 84.0. The zero-order valence-corrected chi connectivity index (χ0v) is 73.0. The molecular weight excluding hydrogens is 1430 g/mol. The SMILES string of the molecule is Cc1ccc2c(-c3cc(C)c(F)c(C)c3C)[n+](C)c(C)cc2c1.Cc1ccc2c(-c3cc4c(cc3C)-c3ccccc3C4(C)C)[n+](C)c(C)cc2c1.Cc1ccc2c(-c3cc4ccccc4cc3C)[n+](C)c(C)cc2c1.Cc1ccccc1-c1c2ccc(F)cc2cc(C)[n+]1C.[2H]c1cc2cc(C)ccc2c(-c2cc(C)cc(C)c2C)[n+]1C. The van der Waals surface area contributed by atoms with Crippen LogP contribution in [0.15, 0.2) is 243 Å². The monoisotopic (exact) mass is 1540 g/mol. The summed E-state index contributed by atoms with van der Waals surface area (Å²) < 4.78 is 47.0. The second-order valence-electron chi connectivity index (χ2n) is 33.8. The highest BCUT2D eigenvalue weighted by atomic mass is 19.1. The van der Waals surface area contributed by atoms with Gasteiger partial charge in [0.1, 0.15) is 48.2 Å². The zero-order valence-electron chi connectivity index (χ0n) is 74.0. The van der Waals surface area contributed by atoms with Gasteiger partial charge in [-0.2, -0.15) is 18.3 Å². The summed E-state index contributed by atoms with van der Waals surface area (Å²) in [6.45, 7) is 40.5. The first-order chi connectivity index (χ1) is 56.1. The van der Waals surface area contributed by atoms with E-state index in [0.717, 1.165) is 55.6 Å². The molecule has 0 atom stereocenters. The van der Waals surface area contributed by atoms with Crippen molar-refractivity contribution in [3.8, 4) is 67.4 Å². The Labute approximate surface area is 693 Å². The number of hydrogen-bond acceptors (Lipinski definition) is 0. The molecule has 117 heavy (non-hydrogen) atoms. The lowest BCUT2D eigenvalue weighted by molar-refractivity contribution is -0.665. The molecule has 1 aliphatic carbocycles. The first kappa shape index (κ1) is 80.0. The van der Waals surface area contributed by atoms with Gasteiger partial charge in [-0.05, 0) is 267 Å². The molecule has 5 heterocycles. The molecule has 18 rings (SSSR count). The van der Waals surface area contributed by atoms with Gasteiger partial charge in [0.2, 0.25) is 28.5 Å². The lowest BCUT2D eigenvalue weighted by Gasteiger charge is -2.22. The summed E-state index contributed by atoms with van der Waals surface area (Å²) in [5, 5.41) is 14.7. The van der Waals surface area contributed by atoms with Crippen molar-refractivity contribution < 1.29 is 33.0 Å². The summed E-state index contributed by atoms with van der Waals surface area (Å²) in [6.07, 6.45) is 0.534. The van der Waals surface area contributed by atoms with Crippen LogP contribution in [0.2, 0.25) is 0 Å². The Kier molecular flexibility index (Phi) is 22.2. The first-order valence-corrected chi connectivity index (χ1v) is 41.0. The fourth-order valence-corrected chi connectivity index (χ4v) is 17.8. The minimum absolute atomic E-state index is 0.0170. The summed E-state index contributed by atoms with van der Waals surface area (Å²) in [7, 11) is 10.5. The van der Waals surface area contributed by atoms with E-state index in [0.29, 0.717) is 11.7 Å². The second-order valence-corrected chi connectivity index (χ2v) is 33.8. The van der Waals surface area contributed by atoms with Crippen molar-refractivity contribution in [2.24, 2.45) is 35.2 Å². The van der Waals surface area contributed by atoms with Crippen LogP contribution >= 0.6 is 0 Å². The minimum atomic E-state index is -0.193. The molecule has 0 saturated carbocycles. The number of aryl methyl sites for hydroxylation is 14. The van der Waals surface area contributed by atoms with Gasteiger partial charge in [0.05, 0.1) is 49.2 Å². The van der Waals surface area contributed by atoms with Crippen LogP contribution in [-0.2, 0) is 40.7 Å². The number of rotatable bonds is 5. The fraction of sp³-hybridized carbons (Fsp3) is 0.227. The quantitative estimate of drug-likeness (QED) is 0.153. The van der Waals surface area contributed by atoms with Gasteiger partial charge in [-0.3, -0.25) is 0 Å². The van der Waals surface area contributed by atoms with E-state index in [1.807, 2.05) is 75.7 Å². The van der Waals surface area contributed by atoms with Crippen LogP contribution in [-0.4, -0.2) is 0 Å². The first-order valence-electron chi connectivity index (χ1n) is 41.5. The van der Waals surface area contributed by atoms with Crippen LogP contribution in [0, 0.1) is 129 Å². The number of benzene rings is 12. The van der Waals surface area contributed by atoms with Gasteiger partial charge >= 0.3 is 0 Å². The molecule has 0 aliphatic heterocycles. The van der Waals surface area contributed by atoms with Crippen molar-refractivity contribution in [2.75, 3.05) is 0 Å². The Morgan fingerprint density at radius 3 is 1.18 bits per heavy atom. The molecule has 0 bridgehead atoms.